The molecule has 0 spiro atoms. The Kier molecular flexibility index (Phi) is 4.43. The van der Waals surface area contributed by atoms with E-state index in [-0.39, 0.29) is 11.9 Å². The molecule has 3 aromatic rings. The summed E-state index contributed by atoms with van der Waals surface area (Å²) in [5, 5.41) is 12.6. The molecule has 0 aliphatic carbocycles. The second kappa shape index (κ2) is 7.03. The molecule has 1 aromatic carbocycles. The number of nitrogens with zero attached hydrogens (tertiary/aromatic N) is 6. The van der Waals surface area contributed by atoms with E-state index < -0.39 is 6.04 Å². The fourth-order valence-corrected chi connectivity index (χ4v) is 3.38. The summed E-state index contributed by atoms with van der Waals surface area (Å²) in [6.07, 6.45) is 5.52. The fraction of sp³-hybridized carbons (Fsp3) is 0.316. The van der Waals surface area contributed by atoms with E-state index in [9.17, 15) is 4.79 Å². The molecule has 1 saturated heterocycles. The lowest BCUT2D eigenvalue weighted by molar-refractivity contribution is -0.135. The summed E-state index contributed by atoms with van der Waals surface area (Å²) in [4.78, 5) is 20.6. The van der Waals surface area contributed by atoms with Gasteiger partial charge in [0.1, 0.15) is 6.04 Å². The van der Waals surface area contributed by atoms with Crippen molar-refractivity contribution in [3.63, 3.8) is 0 Å². The lowest BCUT2D eigenvalue weighted by atomic mass is 10.1. The molecule has 1 fully saturated rings. The third kappa shape index (κ3) is 3.08. The molecule has 2 atom stereocenters. The van der Waals surface area contributed by atoms with Crippen molar-refractivity contribution < 1.29 is 4.79 Å². The first-order valence-electron chi connectivity index (χ1n) is 8.79. The maximum atomic E-state index is 13.1. The van der Waals surface area contributed by atoms with Gasteiger partial charge in [-0.1, -0.05) is 36.4 Å². The van der Waals surface area contributed by atoms with Crippen LogP contribution < -0.4 is 0 Å². The first-order valence-corrected chi connectivity index (χ1v) is 8.79. The topological polar surface area (TPSA) is 76.8 Å². The zero-order chi connectivity index (χ0) is 17.9. The van der Waals surface area contributed by atoms with Gasteiger partial charge in [0.15, 0.2) is 0 Å². The number of hydrogen-bond acceptors (Lipinski definition) is 5. The Morgan fingerprint density at radius 1 is 1.19 bits per heavy atom. The predicted octanol–water partition coefficient (Wildman–Crippen LogP) is 2.66. The highest BCUT2D eigenvalue weighted by atomic mass is 16.2. The molecular formula is C19H20N6O. The highest BCUT2D eigenvalue weighted by Crippen LogP contribution is 2.33. The van der Waals surface area contributed by atoms with Crippen LogP contribution in [0.1, 0.15) is 37.4 Å². The van der Waals surface area contributed by atoms with Gasteiger partial charge in [0.05, 0.1) is 6.04 Å². The number of carbonyl (C=O) groups excluding carboxylic acids is 1. The molecule has 1 aliphatic heterocycles. The molecule has 0 N–H and O–H groups in total. The Labute approximate surface area is 151 Å². The first-order chi connectivity index (χ1) is 12.7. The van der Waals surface area contributed by atoms with Crippen molar-refractivity contribution in [1.29, 1.82) is 0 Å². The van der Waals surface area contributed by atoms with Crippen molar-refractivity contribution >= 4 is 5.91 Å². The monoisotopic (exact) mass is 348 g/mol. The van der Waals surface area contributed by atoms with E-state index in [4.69, 9.17) is 0 Å². The van der Waals surface area contributed by atoms with Gasteiger partial charge in [0.25, 0.3) is 0 Å². The molecule has 1 amide bonds. The number of likely N-dealkylation sites (tertiary alicyclic amines) is 1. The van der Waals surface area contributed by atoms with Gasteiger partial charge in [0, 0.05) is 24.5 Å². The van der Waals surface area contributed by atoms with Crippen LogP contribution in [-0.2, 0) is 4.79 Å². The van der Waals surface area contributed by atoms with E-state index >= 15 is 0 Å². The van der Waals surface area contributed by atoms with Crippen LogP contribution in [0.2, 0.25) is 0 Å². The van der Waals surface area contributed by atoms with Gasteiger partial charge < -0.3 is 4.90 Å². The largest absolute Gasteiger partial charge is 0.334 e. The van der Waals surface area contributed by atoms with E-state index in [2.05, 4.69) is 20.4 Å². The van der Waals surface area contributed by atoms with Crippen LogP contribution in [0, 0.1) is 0 Å². The Morgan fingerprint density at radius 2 is 2.04 bits per heavy atom. The van der Waals surface area contributed by atoms with Gasteiger partial charge in [-0.2, -0.15) is 4.80 Å². The van der Waals surface area contributed by atoms with Crippen LogP contribution in [0.15, 0.2) is 54.9 Å². The normalized spacial score (nSPS) is 18.0. The zero-order valence-electron chi connectivity index (χ0n) is 14.6. The van der Waals surface area contributed by atoms with E-state index in [0.717, 1.165) is 30.5 Å². The quantitative estimate of drug-likeness (QED) is 0.724. The standard InChI is InChI=1S/C19H20N6O/c1-14(25-22-18(21-23-25)15-7-3-2-4-8-15)19(26)24-12-6-10-17(24)16-9-5-11-20-13-16/h2-5,7-9,11,13-14,17H,6,10,12H2,1H3. The minimum absolute atomic E-state index is 0.00775. The van der Waals surface area contributed by atoms with E-state index in [0.29, 0.717) is 5.82 Å². The summed E-state index contributed by atoms with van der Waals surface area (Å²) in [6, 6.07) is 13.1. The van der Waals surface area contributed by atoms with Crippen molar-refractivity contribution in [2.45, 2.75) is 31.8 Å². The molecule has 0 radical (unpaired) electrons. The van der Waals surface area contributed by atoms with Gasteiger partial charge in [0.2, 0.25) is 11.7 Å². The molecule has 2 unspecified atom stereocenters. The lowest BCUT2D eigenvalue weighted by Gasteiger charge is -2.27. The summed E-state index contributed by atoms with van der Waals surface area (Å²) in [7, 11) is 0. The molecule has 7 heteroatoms. The van der Waals surface area contributed by atoms with Crippen molar-refractivity contribution in [1.82, 2.24) is 30.1 Å². The fourth-order valence-electron chi connectivity index (χ4n) is 3.38. The molecule has 7 nitrogen and oxygen atoms in total. The van der Waals surface area contributed by atoms with Gasteiger partial charge in [-0.3, -0.25) is 9.78 Å². The second-order valence-corrected chi connectivity index (χ2v) is 6.45. The van der Waals surface area contributed by atoms with Crippen LogP contribution in [0.4, 0.5) is 0 Å². The van der Waals surface area contributed by atoms with Crippen LogP contribution in [-0.4, -0.2) is 42.5 Å². The van der Waals surface area contributed by atoms with E-state index in [1.165, 1.54) is 4.80 Å². The number of amides is 1. The van der Waals surface area contributed by atoms with Crippen molar-refractivity contribution in [3.05, 3.63) is 60.4 Å². The molecule has 2 aromatic heterocycles. The zero-order valence-corrected chi connectivity index (χ0v) is 14.6. The SMILES string of the molecule is CC(C(=O)N1CCCC1c1cccnc1)n1nnc(-c2ccccc2)n1. The average molecular weight is 348 g/mol. The van der Waals surface area contributed by atoms with E-state index in [1.807, 2.05) is 60.5 Å². The highest BCUT2D eigenvalue weighted by molar-refractivity contribution is 5.80. The van der Waals surface area contributed by atoms with E-state index in [1.54, 1.807) is 6.20 Å². The van der Waals surface area contributed by atoms with Crippen LogP contribution >= 0.6 is 0 Å². The van der Waals surface area contributed by atoms with Gasteiger partial charge >= 0.3 is 0 Å². The van der Waals surface area contributed by atoms with Crippen LogP contribution in [0.5, 0.6) is 0 Å². The first kappa shape index (κ1) is 16.4. The third-order valence-electron chi connectivity index (χ3n) is 4.77. The average Bonchev–Trinajstić information content (AvgIpc) is 3.38. The summed E-state index contributed by atoms with van der Waals surface area (Å²) >= 11 is 0. The molecular weight excluding hydrogens is 328 g/mol. The molecule has 0 saturated carbocycles. The Balaban J connectivity index is 1.54. The number of hydrogen-bond donors (Lipinski definition) is 0. The summed E-state index contributed by atoms with van der Waals surface area (Å²) in [5.41, 5.74) is 1.95. The minimum Gasteiger partial charge on any atom is -0.334 e. The molecule has 132 valence electrons. The van der Waals surface area contributed by atoms with Crippen LogP contribution in [0.3, 0.4) is 0 Å². The Hall–Kier alpha value is -3.09. The van der Waals surface area contributed by atoms with Gasteiger partial charge in [-0.05, 0) is 36.6 Å². The minimum atomic E-state index is -0.503. The molecule has 1 aliphatic rings. The highest BCUT2D eigenvalue weighted by Gasteiger charge is 2.34. The third-order valence-corrected chi connectivity index (χ3v) is 4.77. The molecule has 4 rings (SSSR count). The lowest BCUT2D eigenvalue weighted by Crippen LogP contribution is -2.36. The Morgan fingerprint density at radius 3 is 2.81 bits per heavy atom. The van der Waals surface area contributed by atoms with Crippen molar-refractivity contribution in [2.24, 2.45) is 0 Å². The van der Waals surface area contributed by atoms with Crippen molar-refractivity contribution in [2.75, 3.05) is 6.54 Å². The summed E-state index contributed by atoms with van der Waals surface area (Å²) in [6.45, 7) is 2.56. The number of benzene rings is 1. The maximum Gasteiger partial charge on any atom is 0.249 e. The number of carbonyl (C=O) groups is 1. The van der Waals surface area contributed by atoms with Crippen molar-refractivity contribution in [3.8, 4) is 11.4 Å². The number of pyridine rings is 1. The van der Waals surface area contributed by atoms with Gasteiger partial charge in [-0.15, -0.1) is 10.2 Å². The number of rotatable bonds is 4. The second-order valence-electron chi connectivity index (χ2n) is 6.45. The maximum absolute atomic E-state index is 13.1. The predicted molar refractivity (Wildman–Crippen MR) is 95.9 cm³/mol. The summed E-state index contributed by atoms with van der Waals surface area (Å²) in [5.74, 6) is 0.531. The molecule has 3 heterocycles. The molecule has 26 heavy (non-hydrogen) atoms. The Bertz CT molecular complexity index is 879. The number of tetrazole rings is 1. The smallest absolute Gasteiger partial charge is 0.249 e. The van der Waals surface area contributed by atoms with Crippen LogP contribution in [0.25, 0.3) is 11.4 Å². The van der Waals surface area contributed by atoms with Gasteiger partial charge in [-0.25, -0.2) is 0 Å². The number of aromatic nitrogens is 5. The molecule has 0 bridgehead atoms. The summed E-state index contributed by atoms with van der Waals surface area (Å²) < 4.78 is 0.